The van der Waals surface area contributed by atoms with E-state index in [9.17, 15) is 9.90 Å². The second-order valence-electron chi connectivity index (χ2n) is 5.42. The van der Waals surface area contributed by atoms with Gasteiger partial charge in [-0.15, -0.1) is 0 Å². The van der Waals surface area contributed by atoms with Crippen LogP contribution in [0.4, 0.5) is 0 Å². The van der Waals surface area contributed by atoms with Gasteiger partial charge < -0.3 is 19.7 Å². The molecule has 0 fully saturated rings. The molecule has 2 atom stereocenters. The summed E-state index contributed by atoms with van der Waals surface area (Å²) in [6.07, 6.45) is 6.96. The molecule has 23 heavy (non-hydrogen) atoms. The SMILES string of the molecule is CCCCC(CC)COC(O)Oc1ccc(/C=C/C(=O)O)cc1. The van der Waals surface area contributed by atoms with E-state index < -0.39 is 12.4 Å². The van der Waals surface area contributed by atoms with E-state index in [1.54, 1.807) is 24.3 Å². The van der Waals surface area contributed by atoms with E-state index in [0.717, 1.165) is 37.3 Å². The molecule has 0 amide bonds. The Morgan fingerprint density at radius 1 is 1.26 bits per heavy atom. The van der Waals surface area contributed by atoms with Gasteiger partial charge in [0.1, 0.15) is 5.75 Å². The number of aliphatic hydroxyl groups excluding tert-OH is 1. The summed E-state index contributed by atoms with van der Waals surface area (Å²) in [5.41, 5.74) is 0.737. The Morgan fingerprint density at radius 2 is 1.96 bits per heavy atom. The summed E-state index contributed by atoms with van der Waals surface area (Å²) in [7, 11) is 0. The maximum atomic E-state index is 10.4. The number of rotatable bonds is 11. The second kappa shape index (κ2) is 10.8. The van der Waals surface area contributed by atoms with Gasteiger partial charge in [-0.25, -0.2) is 4.79 Å². The lowest BCUT2D eigenvalue weighted by Gasteiger charge is -2.18. The zero-order chi connectivity index (χ0) is 17.1. The molecule has 2 unspecified atom stereocenters. The molecule has 5 nitrogen and oxygen atoms in total. The zero-order valence-corrected chi connectivity index (χ0v) is 13.8. The fourth-order valence-corrected chi connectivity index (χ4v) is 2.09. The van der Waals surface area contributed by atoms with Crippen molar-refractivity contribution < 1.29 is 24.5 Å². The Morgan fingerprint density at radius 3 is 2.52 bits per heavy atom. The minimum Gasteiger partial charge on any atom is -0.478 e. The smallest absolute Gasteiger partial charge is 0.328 e. The lowest BCUT2D eigenvalue weighted by atomic mass is 10.0. The Labute approximate surface area is 137 Å². The van der Waals surface area contributed by atoms with E-state index in [0.29, 0.717) is 18.3 Å². The minimum atomic E-state index is -1.30. The van der Waals surface area contributed by atoms with Crippen molar-refractivity contribution in [2.24, 2.45) is 5.92 Å². The Kier molecular flexibility index (Phi) is 9.02. The van der Waals surface area contributed by atoms with Gasteiger partial charge in [0.05, 0.1) is 6.61 Å². The van der Waals surface area contributed by atoms with Gasteiger partial charge in [-0.3, -0.25) is 0 Å². The normalized spacial score (nSPS) is 13.9. The van der Waals surface area contributed by atoms with Crippen LogP contribution < -0.4 is 4.74 Å². The number of ether oxygens (including phenoxy) is 2. The molecule has 1 rings (SSSR count). The van der Waals surface area contributed by atoms with Crippen LogP contribution in [0.2, 0.25) is 0 Å². The molecule has 128 valence electrons. The predicted octanol–water partition coefficient (Wildman–Crippen LogP) is 3.67. The standard InChI is InChI=1S/C18H26O5/c1-3-5-6-14(4-2)13-22-18(21)23-16-10-7-15(8-11-16)9-12-17(19)20/h7-12,14,18,21H,3-6,13H2,1-2H3,(H,19,20)/b12-9+. The Balaban J connectivity index is 2.41. The number of aliphatic carboxylic acids is 1. The van der Waals surface area contributed by atoms with Gasteiger partial charge in [-0.05, 0) is 36.1 Å². The third-order valence-corrected chi connectivity index (χ3v) is 3.55. The molecule has 0 radical (unpaired) electrons. The third kappa shape index (κ3) is 8.38. The van der Waals surface area contributed by atoms with Gasteiger partial charge in [-0.1, -0.05) is 45.2 Å². The number of hydrogen-bond donors (Lipinski definition) is 2. The maximum Gasteiger partial charge on any atom is 0.328 e. The second-order valence-corrected chi connectivity index (χ2v) is 5.42. The van der Waals surface area contributed by atoms with Crippen molar-refractivity contribution in [1.29, 1.82) is 0 Å². The number of aliphatic hydroxyl groups is 1. The monoisotopic (exact) mass is 322 g/mol. The van der Waals surface area contributed by atoms with E-state index in [-0.39, 0.29) is 0 Å². The van der Waals surface area contributed by atoms with E-state index in [4.69, 9.17) is 14.6 Å². The minimum absolute atomic E-state index is 0.428. The Bertz CT molecular complexity index is 481. The van der Waals surface area contributed by atoms with Crippen LogP contribution in [0.15, 0.2) is 30.3 Å². The molecule has 5 heteroatoms. The summed E-state index contributed by atoms with van der Waals surface area (Å²) >= 11 is 0. The summed E-state index contributed by atoms with van der Waals surface area (Å²) < 4.78 is 10.6. The van der Waals surface area contributed by atoms with Crippen LogP contribution in [0.25, 0.3) is 6.08 Å². The van der Waals surface area contributed by atoms with Crippen molar-refractivity contribution in [1.82, 2.24) is 0 Å². The summed E-state index contributed by atoms with van der Waals surface area (Å²) in [5.74, 6) is -0.106. The summed E-state index contributed by atoms with van der Waals surface area (Å²) in [6.45, 7) is 3.43. The number of carbonyl (C=O) groups is 1. The molecule has 1 aromatic carbocycles. The highest BCUT2D eigenvalue weighted by Crippen LogP contribution is 2.17. The molecular formula is C18H26O5. The fourth-order valence-electron chi connectivity index (χ4n) is 2.09. The Hall–Kier alpha value is -1.85. The lowest BCUT2D eigenvalue weighted by molar-refractivity contribution is -0.222. The highest BCUT2D eigenvalue weighted by Gasteiger charge is 2.11. The molecule has 2 N–H and O–H groups in total. The molecule has 0 bridgehead atoms. The van der Waals surface area contributed by atoms with Gasteiger partial charge in [0, 0.05) is 6.08 Å². The van der Waals surface area contributed by atoms with E-state index in [2.05, 4.69) is 13.8 Å². The van der Waals surface area contributed by atoms with Crippen LogP contribution in [0.1, 0.15) is 45.1 Å². The third-order valence-electron chi connectivity index (χ3n) is 3.55. The highest BCUT2D eigenvalue weighted by molar-refractivity contribution is 5.85. The molecule has 0 aliphatic heterocycles. The number of carboxylic acid groups (broad SMARTS) is 1. The number of hydrogen-bond acceptors (Lipinski definition) is 4. The lowest BCUT2D eigenvalue weighted by Crippen LogP contribution is -2.23. The van der Waals surface area contributed by atoms with Crippen LogP contribution in [0.5, 0.6) is 5.75 Å². The number of carboxylic acids is 1. The molecule has 0 aliphatic rings. The van der Waals surface area contributed by atoms with Gasteiger partial charge in [0.25, 0.3) is 0 Å². The average Bonchev–Trinajstić information content (AvgIpc) is 2.54. The zero-order valence-electron chi connectivity index (χ0n) is 13.8. The average molecular weight is 322 g/mol. The topological polar surface area (TPSA) is 76.0 Å². The van der Waals surface area contributed by atoms with Crippen molar-refractivity contribution in [3.05, 3.63) is 35.9 Å². The number of benzene rings is 1. The van der Waals surface area contributed by atoms with E-state index in [1.807, 2.05) is 0 Å². The van der Waals surface area contributed by atoms with Gasteiger partial charge in [0.2, 0.25) is 0 Å². The van der Waals surface area contributed by atoms with Crippen LogP contribution in [-0.2, 0) is 9.53 Å². The van der Waals surface area contributed by atoms with Crippen LogP contribution >= 0.6 is 0 Å². The molecule has 0 spiro atoms. The molecule has 1 aromatic rings. The van der Waals surface area contributed by atoms with Crippen molar-refractivity contribution in [3.63, 3.8) is 0 Å². The van der Waals surface area contributed by atoms with E-state index in [1.165, 1.54) is 6.08 Å². The predicted molar refractivity (Wildman–Crippen MR) is 89.0 cm³/mol. The molecule has 0 aromatic heterocycles. The molecule has 0 heterocycles. The number of unbranched alkanes of at least 4 members (excludes halogenated alkanes) is 1. The highest BCUT2D eigenvalue weighted by atomic mass is 16.8. The molecule has 0 saturated carbocycles. The summed E-state index contributed by atoms with van der Waals surface area (Å²) in [4.78, 5) is 10.4. The molecule has 0 aliphatic carbocycles. The maximum absolute atomic E-state index is 10.4. The van der Waals surface area contributed by atoms with Crippen LogP contribution in [0, 0.1) is 5.92 Å². The first-order valence-electron chi connectivity index (χ1n) is 8.02. The van der Waals surface area contributed by atoms with Crippen LogP contribution in [0.3, 0.4) is 0 Å². The first-order valence-corrected chi connectivity index (χ1v) is 8.02. The van der Waals surface area contributed by atoms with Crippen molar-refractivity contribution in [2.75, 3.05) is 6.61 Å². The fraction of sp³-hybridized carbons (Fsp3) is 0.500. The first-order chi connectivity index (χ1) is 11.0. The molecular weight excluding hydrogens is 296 g/mol. The quantitative estimate of drug-likeness (QED) is 0.480. The van der Waals surface area contributed by atoms with Gasteiger partial charge in [-0.2, -0.15) is 0 Å². The van der Waals surface area contributed by atoms with Crippen molar-refractivity contribution in [2.45, 2.75) is 46.0 Å². The largest absolute Gasteiger partial charge is 0.478 e. The first kappa shape index (κ1) is 19.2. The summed E-state index contributed by atoms with van der Waals surface area (Å²) in [5, 5.41) is 18.3. The van der Waals surface area contributed by atoms with E-state index >= 15 is 0 Å². The van der Waals surface area contributed by atoms with Crippen LogP contribution in [-0.4, -0.2) is 29.3 Å². The van der Waals surface area contributed by atoms with Crippen molar-refractivity contribution >= 4 is 12.0 Å². The van der Waals surface area contributed by atoms with Gasteiger partial charge in [0.15, 0.2) is 0 Å². The van der Waals surface area contributed by atoms with Crippen molar-refractivity contribution in [3.8, 4) is 5.75 Å². The summed E-state index contributed by atoms with van der Waals surface area (Å²) in [6, 6.07) is 6.72. The van der Waals surface area contributed by atoms with Gasteiger partial charge >= 0.3 is 12.4 Å². The molecule has 0 saturated heterocycles.